The number of carbonyl (C=O) groups excluding carboxylic acids is 6. The van der Waals surface area contributed by atoms with Gasteiger partial charge in [0.25, 0.3) is 0 Å². The highest BCUT2D eigenvalue weighted by atomic mass is 16.6. The van der Waals surface area contributed by atoms with E-state index in [1.807, 2.05) is 38.1 Å². The van der Waals surface area contributed by atoms with Crippen LogP contribution in [-0.2, 0) is 19.1 Å². The molecule has 2 atom stereocenters. The van der Waals surface area contributed by atoms with Gasteiger partial charge in [0.05, 0.1) is 34.5 Å². The van der Waals surface area contributed by atoms with E-state index in [0.29, 0.717) is 22.6 Å². The highest BCUT2D eigenvalue weighted by Gasteiger charge is 2.18. The first-order valence-corrected chi connectivity index (χ1v) is 24.3. The van der Waals surface area contributed by atoms with Crippen LogP contribution >= 0.6 is 0 Å². The van der Waals surface area contributed by atoms with Crippen molar-refractivity contribution in [2.45, 2.75) is 111 Å². The molecule has 0 N–H and O–H groups in total. The normalized spacial score (nSPS) is 11.7. The van der Waals surface area contributed by atoms with Crippen molar-refractivity contribution in [3.8, 4) is 45.3 Å². The third-order valence-corrected chi connectivity index (χ3v) is 11.5. The van der Waals surface area contributed by atoms with Crippen LogP contribution in [0, 0.1) is 0 Å². The number of esters is 6. The van der Waals surface area contributed by atoms with Gasteiger partial charge in [-0.3, -0.25) is 9.59 Å². The van der Waals surface area contributed by atoms with Crippen LogP contribution in [0.2, 0.25) is 0 Å². The van der Waals surface area contributed by atoms with Crippen molar-refractivity contribution in [3.63, 3.8) is 0 Å². The van der Waals surface area contributed by atoms with Crippen molar-refractivity contribution in [1.29, 1.82) is 0 Å². The second-order valence-electron chi connectivity index (χ2n) is 17.3. The molecule has 0 aliphatic carbocycles. The number of ether oxygens (including phenoxy) is 6. The van der Waals surface area contributed by atoms with E-state index in [4.69, 9.17) is 28.4 Å². The molecule has 0 bridgehead atoms. The smallest absolute Gasteiger partial charge is 0.343 e. The minimum absolute atomic E-state index is 0.100. The van der Waals surface area contributed by atoms with Crippen LogP contribution in [0.4, 0.5) is 0 Å². The summed E-state index contributed by atoms with van der Waals surface area (Å²) < 4.78 is 32.8. The molecular weight excluding hydrogens is 901 g/mol. The molecule has 0 aliphatic rings. The van der Waals surface area contributed by atoms with Crippen molar-refractivity contribution >= 4 is 35.8 Å². The predicted molar refractivity (Wildman–Crippen MR) is 270 cm³/mol. The van der Waals surface area contributed by atoms with Gasteiger partial charge >= 0.3 is 35.8 Å². The summed E-state index contributed by atoms with van der Waals surface area (Å²) in [5, 5.41) is 0. The van der Waals surface area contributed by atoms with Crippen LogP contribution in [0.15, 0.2) is 146 Å². The summed E-state index contributed by atoms with van der Waals surface area (Å²) in [6.07, 6.45) is 9.68. The fourth-order valence-electron chi connectivity index (χ4n) is 7.47. The molecule has 0 saturated heterocycles. The van der Waals surface area contributed by atoms with Crippen molar-refractivity contribution in [1.82, 2.24) is 0 Å². The largest absolute Gasteiger partial charge is 0.459 e. The summed E-state index contributed by atoms with van der Waals surface area (Å²) >= 11 is 0. The van der Waals surface area contributed by atoms with E-state index < -0.39 is 30.3 Å². The van der Waals surface area contributed by atoms with Crippen LogP contribution in [0.1, 0.15) is 140 Å². The fourth-order valence-corrected chi connectivity index (χ4v) is 7.47. The molecule has 0 heterocycles. The molecule has 71 heavy (non-hydrogen) atoms. The number of hydrogen-bond acceptors (Lipinski definition) is 12. The number of unbranched alkanes of at least 4 members (excludes halogenated alkanes) is 6. The zero-order valence-corrected chi connectivity index (χ0v) is 40.7. The summed E-state index contributed by atoms with van der Waals surface area (Å²) in [6.45, 7) is 8.16. The monoisotopic (exact) mass is 960 g/mol. The first kappa shape index (κ1) is 52.5. The molecular formula is C59H60O12. The molecule has 6 aromatic carbocycles. The fraction of sp³-hybridized carbons (Fsp3) is 0.288. The second kappa shape index (κ2) is 26.8. The number of benzene rings is 6. The summed E-state index contributed by atoms with van der Waals surface area (Å²) in [5.74, 6) is -2.90. The van der Waals surface area contributed by atoms with Crippen molar-refractivity contribution in [2.75, 3.05) is 0 Å². The summed E-state index contributed by atoms with van der Waals surface area (Å²) in [6, 6.07) is 39.5. The van der Waals surface area contributed by atoms with Gasteiger partial charge < -0.3 is 28.4 Å². The average molecular weight is 961 g/mol. The Balaban J connectivity index is 0.894. The zero-order chi connectivity index (χ0) is 50.5. The van der Waals surface area contributed by atoms with Crippen LogP contribution in [-0.4, -0.2) is 48.0 Å². The quantitative estimate of drug-likeness (QED) is 0.0245. The Morgan fingerprint density at radius 3 is 0.930 bits per heavy atom. The Kier molecular flexibility index (Phi) is 19.8. The second-order valence-corrected chi connectivity index (χ2v) is 17.3. The topological polar surface area (TPSA) is 158 Å². The molecule has 6 rings (SSSR count). The average Bonchev–Trinajstić information content (AvgIpc) is 3.37. The molecule has 0 aliphatic heterocycles. The highest BCUT2D eigenvalue weighted by molar-refractivity contribution is 5.95. The van der Waals surface area contributed by atoms with Crippen LogP contribution in [0.25, 0.3) is 22.3 Å². The summed E-state index contributed by atoms with van der Waals surface area (Å²) in [7, 11) is 0. The standard InChI is InChI=1S/C59H60O12/c1-5-7-9-11-13-40(3)66-56(62)46-19-15-42(16-20-46)44-23-31-52(32-24-44)70-58(64)48-27-35-50(36-28-48)68-54(60)39-55(61)69-51-37-29-49(30-38-51)59(65)71-53-33-25-45(26-34-53)43-17-21-47(22-18-43)57(63)67-41(4)14-12-10-8-6-2/h15-38,40-41H,5-14,39H2,1-4H3. The van der Waals surface area contributed by atoms with E-state index in [0.717, 1.165) is 73.6 Å². The number of carbonyl (C=O) groups is 6. The predicted octanol–water partition coefficient (Wildman–Crippen LogP) is 13.4. The molecule has 0 aromatic heterocycles. The van der Waals surface area contributed by atoms with Gasteiger partial charge in [0.2, 0.25) is 0 Å². The third kappa shape index (κ3) is 16.7. The SMILES string of the molecule is CCCCCCC(C)OC(=O)c1ccc(-c2ccc(OC(=O)c3ccc(OC(=O)CC(=O)Oc4ccc(C(=O)Oc5ccc(-c6ccc(C(=O)OC(C)CCCCCC)cc6)cc5)cc4)cc3)cc2)cc1. The maximum atomic E-state index is 12.9. The number of rotatable bonds is 24. The van der Waals surface area contributed by atoms with Gasteiger partial charge in [-0.25, -0.2) is 19.2 Å². The summed E-state index contributed by atoms with van der Waals surface area (Å²) in [5.41, 5.74) is 4.83. The molecule has 12 nitrogen and oxygen atoms in total. The Hall–Kier alpha value is -7.86. The molecule has 0 saturated carbocycles. The van der Waals surface area contributed by atoms with Crippen molar-refractivity contribution < 1.29 is 57.2 Å². The van der Waals surface area contributed by atoms with Gasteiger partial charge in [-0.2, -0.15) is 0 Å². The van der Waals surface area contributed by atoms with E-state index in [9.17, 15) is 28.8 Å². The summed E-state index contributed by atoms with van der Waals surface area (Å²) in [4.78, 5) is 76.1. The van der Waals surface area contributed by atoms with Gasteiger partial charge in [-0.15, -0.1) is 0 Å². The lowest BCUT2D eigenvalue weighted by atomic mass is 10.0. The van der Waals surface area contributed by atoms with Crippen molar-refractivity contribution in [2.24, 2.45) is 0 Å². The lowest BCUT2D eigenvalue weighted by Gasteiger charge is -2.13. The molecule has 12 heteroatoms. The van der Waals surface area contributed by atoms with E-state index in [1.165, 1.54) is 61.4 Å². The third-order valence-electron chi connectivity index (χ3n) is 11.5. The molecule has 0 spiro atoms. The van der Waals surface area contributed by atoms with Crippen LogP contribution < -0.4 is 18.9 Å². The first-order valence-electron chi connectivity index (χ1n) is 24.3. The maximum Gasteiger partial charge on any atom is 0.343 e. The van der Waals surface area contributed by atoms with E-state index in [-0.39, 0.29) is 46.8 Å². The Bertz CT molecular complexity index is 2500. The first-order chi connectivity index (χ1) is 34.4. The Morgan fingerprint density at radius 1 is 0.338 bits per heavy atom. The minimum atomic E-state index is -0.885. The molecule has 368 valence electrons. The van der Waals surface area contributed by atoms with Gasteiger partial charge in [0, 0.05) is 0 Å². The van der Waals surface area contributed by atoms with Crippen molar-refractivity contribution in [3.05, 3.63) is 168 Å². The minimum Gasteiger partial charge on any atom is -0.459 e. The van der Waals surface area contributed by atoms with Crippen LogP contribution in [0.3, 0.4) is 0 Å². The van der Waals surface area contributed by atoms with Gasteiger partial charge in [-0.1, -0.05) is 101 Å². The zero-order valence-electron chi connectivity index (χ0n) is 40.7. The molecule has 0 fully saturated rings. The highest BCUT2D eigenvalue weighted by Crippen LogP contribution is 2.27. The molecule has 6 aromatic rings. The molecule has 0 radical (unpaired) electrons. The van der Waals surface area contributed by atoms with E-state index >= 15 is 0 Å². The maximum absolute atomic E-state index is 12.9. The van der Waals surface area contributed by atoms with Gasteiger partial charge in [0.15, 0.2) is 0 Å². The van der Waals surface area contributed by atoms with Gasteiger partial charge in [0.1, 0.15) is 29.4 Å². The van der Waals surface area contributed by atoms with Crippen LogP contribution in [0.5, 0.6) is 23.0 Å². The lowest BCUT2D eigenvalue weighted by molar-refractivity contribution is -0.144. The van der Waals surface area contributed by atoms with Gasteiger partial charge in [-0.05, 0) is 159 Å². The number of hydrogen-bond donors (Lipinski definition) is 0. The Labute approximate surface area is 415 Å². The molecule has 2 unspecified atom stereocenters. The Morgan fingerprint density at radius 2 is 0.606 bits per heavy atom. The van der Waals surface area contributed by atoms with E-state index in [2.05, 4.69) is 13.8 Å². The molecule has 0 amide bonds. The lowest BCUT2D eigenvalue weighted by Crippen LogP contribution is -2.18. The van der Waals surface area contributed by atoms with E-state index in [1.54, 1.807) is 72.8 Å².